The average Bonchev–Trinajstić information content (AvgIpc) is 2.88. The number of nitrogens with zero attached hydrogens (tertiary/aromatic N) is 2. The normalized spacial score (nSPS) is 12.4. The maximum Gasteiger partial charge on any atom is 0.0944 e. The molecule has 0 atom stereocenters. The molecule has 2 N–H and O–H groups in total. The molecular formula is C31H40N4. The smallest absolute Gasteiger partial charge is 0.0944 e. The molecule has 0 aliphatic carbocycles. The minimum absolute atomic E-state index is 0.706. The fourth-order valence-electron chi connectivity index (χ4n) is 3.06. The summed E-state index contributed by atoms with van der Waals surface area (Å²) in [6.45, 7) is 17.2. The Hall–Kier alpha value is -3.71. The zero-order valence-electron chi connectivity index (χ0n) is 22.6. The lowest BCUT2D eigenvalue weighted by Gasteiger charge is -2.12. The predicted molar refractivity (Wildman–Crippen MR) is 150 cm³/mol. The first-order valence-corrected chi connectivity index (χ1v) is 12.0. The van der Waals surface area contributed by atoms with Crippen LogP contribution in [-0.2, 0) is 13.0 Å². The average molecular weight is 469 g/mol. The van der Waals surface area contributed by atoms with Crippen molar-refractivity contribution < 1.29 is 0 Å². The van der Waals surface area contributed by atoms with Crippen LogP contribution in [0.15, 0.2) is 77.2 Å². The molecular weight excluding hydrogens is 428 g/mol. The number of rotatable bonds is 8. The third kappa shape index (κ3) is 10.4. The highest BCUT2D eigenvalue weighted by molar-refractivity contribution is 5.77. The van der Waals surface area contributed by atoms with Crippen LogP contribution in [0.4, 0.5) is 0 Å². The third-order valence-electron chi connectivity index (χ3n) is 6.05. The summed E-state index contributed by atoms with van der Waals surface area (Å²) in [5.41, 5.74) is 11.3. The Morgan fingerprint density at radius 2 is 1.66 bits per heavy atom. The molecule has 0 aliphatic heterocycles. The van der Waals surface area contributed by atoms with Gasteiger partial charge in [-0.2, -0.15) is 5.26 Å². The van der Waals surface area contributed by atoms with Crippen LogP contribution in [-0.4, -0.2) is 11.2 Å². The van der Waals surface area contributed by atoms with Crippen molar-refractivity contribution in [2.45, 2.75) is 68.4 Å². The van der Waals surface area contributed by atoms with Gasteiger partial charge in [0.25, 0.3) is 0 Å². The van der Waals surface area contributed by atoms with Crippen LogP contribution in [0.5, 0.6) is 0 Å². The molecule has 184 valence electrons. The highest BCUT2D eigenvalue weighted by atomic mass is 14.9. The van der Waals surface area contributed by atoms with Gasteiger partial charge in [0.2, 0.25) is 0 Å². The molecule has 35 heavy (non-hydrogen) atoms. The topological polar surface area (TPSA) is 72.6 Å². The summed E-state index contributed by atoms with van der Waals surface area (Å²) in [5, 5.41) is 19.2. The van der Waals surface area contributed by atoms with E-state index in [1.54, 1.807) is 6.92 Å². The SMILES string of the molecule is CCc1cccc(C=N)c1.C\C(C#N)=C/C=C(C)/C(C)=C/C=C(\C)NCc1cnc(C)c(C)c1C. The zero-order chi connectivity index (χ0) is 26.4. The quantitative estimate of drug-likeness (QED) is 0.238. The van der Waals surface area contributed by atoms with E-state index in [1.165, 1.54) is 34.0 Å². The van der Waals surface area contributed by atoms with Crippen molar-refractivity contribution in [1.82, 2.24) is 10.3 Å². The second kappa shape index (κ2) is 15.2. The van der Waals surface area contributed by atoms with Crippen molar-refractivity contribution in [3.05, 3.63) is 111 Å². The first-order chi connectivity index (χ1) is 16.6. The van der Waals surface area contributed by atoms with E-state index >= 15 is 0 Å². The van der Waals surface area contributed by atoms with Gasteiger partial charge in [0.15, 0.2) is 0 Å². The summed E-state index contributed by atoms with van der Waals surface area (Å²) in [5.74, 6) is 0. The first kappa shape index (κ1) is 29.3. The molecule has 1 aromatic heterocycles. The molecule has 4 nitrogen and oxygen atoms in total. The van der Waals surface area contributed by atoms with Gasteiger partial charge in [-0.3, -0.25) is 4.98 Å². The van der Waals surface area contributed by atoms with E-state index in [0.717, 1.165) is 35.5 Å². The number of allylic oxidation sites excluding steroid dienone is 8. The van der Waals surface area contributed by atoms with Crippen molar-refractivity contribution in [3.63, 3.8) is 0 Å². The van der Waals surface area contributed by atoms with Gasteiger partial charge in [0.1, 0.15) is 0 Å². The maximum atomic E-state index is 8.78. The Morgan fingerprint density at radius 1 is 1.00 bits per heavy atom. The molecule has 4 heteroatoms. The lowest BCUT2D eigenvalue weighted by Crippen LogP contribution is -2.12. The van der Waals surface area contributed by atoms with E-state index < -0.39 is 0 Å². The fourth-order valence-corrected chi connectivity index (χ4v) is 3.06. The molecule has 2 aromatic rings. The number of hydrogen-bond donors (Lipinski definition) is 2. The molecule has 0 amide bonds. The van der Waals surface area contributed by atoms with Gasteiger partial charge >= 0.3 is 0 Å². The lowest BCUT2D eigenvalue weighted by molar-refractivity contribution is 0.798. The summed E-state index contributed by atoms with van der Waals surface area (Å²) in [4.78, 5) is 4.45. The molecule has 0 bridgehead atoms. The summed E-state index contributed by atoms with van der Waals surface area (Å²) in [6.07, 6.45) is 12.4. The number of nitriles is 1. The van der Waals surface area contributed by atoms with Crippen LogP contribution < -0.4 is 5.32 Å². The van der Waals surface area contributed by atoms with Crippen LogP contribution >= 0.6 is 0 Å². The largest absolute Gasteiger partial charge is 0.384 e. The first-order valence-electron chi connectivity index (χ1n) is 12.0. The number of aryl methyl sites for hydroxylation is 2. The Labute approximate surface area is 212 Å². The Morgan fingerprint density at radius 3 is 2.26 bits per heavy atom. The molecule has 0 unspecified atom stereocenters. The van der Waals surface area contributed by atoms with Crippen LogP contribution in [0.25, 0.3) is 0 Å². The molecule has 1 heterocycles. The molecule has 0 saturated heterocycles. The van der Waals surface area contributed by atoms with Gasteiger partial charge < -0.3 is 10.7 Å². The Kier molecular flexibility index (Phi) is 12.8. The molecule has 0 fully saturated rings. The van der Waals surface area contributed by atoms with Gasteiger partial charge in [0, 0.05) is 35.9 Å². The molecule has 2 rings (SSSR count). The molecule has 0 saturated carbocycles. The standard InChI is InChI=1S/C22H29N3.C9H11N/c1-15(12-23)8-9-16(2)17(3)10-11-18(4)24-13-22-14-25-21(7)19(5)20(22)6;1-2-8-4-3-5-9(6-8)7-10/h8-11,14,24H,13H2,1-7H3;3-7,10H,2H2,1H3/b15-8+,16-9+,17-10+,18-11+;. The number of aromatic nitrogens is 1. The van der Waals surface area contributed by atoms with Crippen LogP contribution in [0.2, 0.25) is 0 Å². The fraction of sp³-hybridized carbons (Fsp3) is 0.323. The summed E-state index contributed by atoms with van der Waals surface area (Å²) in [7, 11) is 0. The molecule has 1 aromatic carbocycles. The number of hydrogen-bond acceptors (Lipinski definition) is 4. The summed E-state index contributed by atoms with van der Waals surface area (Å²) >= 11 is 0. The monoisotopic (exact) mass is 468 g/mol. The van der Waals surface area contributed by atoms with Crippen LogP contribution in [0, 0.1) is 37.5 Å². The van der Waals surface area contributed by atoms with E-state index in [2.05, 4.69) is 69.2 Å². The zero-order valence-corrected chi connectivity index (χ0v) is 22.6. The van der Waals surface area contributed by atoms with Crippen molar-refractivity contribution in [3.8, 4) is 6.07 Å². The van der Waals surface area contributed by atoms with Crippen LogP contribution in [0.3, 0.4) is 0 Å². The van der Waals surface area contributed by atoms with Gasteiger partial charge in [-0.15, -0.1) is 0 Å². The predicted octanol–water partition coefficient (Wildman–Crippen LogP) is 7.61. The molecule has 0 radical (unpaired) electrons. The van der Waals surface area contributed by atoms with Crippen molar-refractivity contribution in [1.29, 1.82) is 10.7 Å². The van der Waals surface area contributed by atoms with E-state index in [4.69, 9.17) is 10.7 Å². The maximum absolute atomic E-state index is 8.78. The van der Waals surface area contributed by atoms with E-state index in [9.17, 15) is 0 Å². The number of benzene rings is 1. The van der Waals surface area contributed by atoms with Crippen molar-refractivity contribution in [2.75, 3.05) is 0 Å². The van der Waals surface area contributed by atoms with E-state index in [1.807, 2.05) is 50.4 Å². The van der Waals surface area contributed by atoms with Gasteiger partial charge in [-0.05, 0) is 106 Å². The second-order valence-corrected chi connectivity index (χ2v) is 8.73. The summed E-state index contributed by atoms with van der Waals surface area (Å²) in [6, 6.07) is 10.2. The van der Waals surface area contributed by atoms with Crippen molar-refractivity contribution >= 4 is 6.21 Å². The lowest BCUT2D eigenvalue weighted by atomic mass is 10.0. The van der Waals surface area contributed by atoms with E-state index in [-0.39, 0.29) is 0 Å². The van der Waals surface area contributed by atoms with Crippen molar-refractivity contribution in [2.24, 2.45) is 0 Å². The highest BCUT2D eigenvalue weighted by Crippen LogP contribution is 2.15. The Bertz CT molecular complexity index is 1170. The second-order valence-electron chi connectivity index (χ2n) is 8.73. The number of nitrogens with one attached hydrogen (secondary N) is 2. The van der Waals surface area contributed by atoms with Crippen LogP contribution in [0.1, 0.15) is 68.1 Å². The third-order valence-corrected chi connectivity index (χ3v) is 6.05. The molecule has 0 aliphatic rings. The summed E-state index contributed by atoms with van der Waals surface area (Å²) < 4.78 is 0. The highest BCUT2D eigenvalue weighted by Gasteiger charge is 2.04. The van der Waals surface area contributed by atoms with E-state index in [0.29, 0.717) is 5.57 Å². The van der Waals surface area contributed by atoms with Gasteiger partial charge in [-0.25, -0.2) is 0 Å². The van der Waals surface area contributed by atoms with Gasteiger partial charge in [0.05, 0.1) is 6.07 Å². The number of pyridine rings is 1. The molecule has 0 spiro atoms. The Balaban J connectivity index is 0.000000507. The minimum Gasteiger partial charge on any atom is -0.384 e. The van der Waals surface area contributed by atoms with Gasteiger partial charge in [-0.1, -0.05) is 43.3 Å². The minimum atomic E-state index is 0.706.